The van der Waals surface area contributed by atoms with Crippen molar-refractivity contribution in [1.29, 1.82) is 0 Å². The molecule has 0 unspecified atom stereocenters. The minimum atomic E-state index is -0.161. The van der Waals surface area contributed by atoms with Crippen LogP contribution in [0.15, 0.2) is 56.8 Å². The fraction of sp³-hybridized carbons (Fsp3) is 0.292. The van der Waals surface area contributed by atoms with Crippen LogP contribution >= 0.6 is 15.9 Å². The molecule has 0 aliphatic carbocycles. The quantitative estimate of drug-likeness (QED) is 0.347. The minimum absolute atomic E-state index is 0.0565. The van der Waals surface area contributed by atoms with Crippen molar-refractivity contribution in [2.75, 3.05) is 0 Å². The largest absolute Gasteiger partial charge is 0.342 e. The molecule has 5 nitrogen and oxygen atoms in total. The molecule has 0 bridgehead atoms. The Hall–Kier alpha value is -2.73. The molecule has 6 heteroatoms. The third-order valence-electron chi connectivity index (χ3n) is 5.37. The summed E-state index contributed by atoms with van der Waals surface area (Å²) in [6.45, 7) is 10.5. The van der Waals surface area contributed by atoms with E-state index in [1.165, 1.54) is 10.2 Å². The number of rotatable bonds is 4. The van der Waals surface area contributed by atoms with E-state index in [1.807, 2.05) is 38.1 Å². The Morgan fingerprint density at radius 2 is 1.80 bits per heavy atom. The maximum Gasteiger partial charge on any atom is 0.282 e. The van der Waals surface area contributed by atoms with Gasteiger partial charge in [-0.05, 0) is 45.0 Å². The molecule has 0 spiro atoms. The highest BCUT2D eigenvalue weighted by molar-refractivity contribution is 9.10. The van der Waals surface area contributed by atoms with Crippen LogP contribution in [0.4, 0.5) is 0 Å². The van der Waals surface area contributed by atoms with Crippen LogP contribution in [0, 0.1) is 6.92 Å². The van der Waals surface area contributed by atoms with Crippen LogP contribution in [-0.2, 0) is 0 Å². The van der Waals surface area contributed by atoms with Crippen molar-refractivity contribution in [2.45, 2.75) is 46.6 Å². The average molecular weight is 465 g/mol. The van der Waals surface area contributed by atoms with Gasteiger partial charge in [0.25, 0.3) is 5.56 Å². The van der Waals surface area contributed by atoms with Crippen molar-refractivity contribution >= 4 is 44.0 Å². The standard InChI is InChI=1S/C24H25BrN4O/c1-14(2)23-27-21-11-10-17(25)12-19(21)24(30)29(23)26-13-20-16(5)28(15(3)4)22-9-7-6-8-18(20)22/h6-15H,1-5H3. The first-order valence-corrected chi connectivity index (χ1v) is 10.9. The van der Waals surface area contributed by atoms with Crippen LogP contribution in [0.2, 0.25) is 0 Å². The third kappa shape index (κ3) is 3.39. The van der Waals surface area contributed by atoms with E-state index in [4.69, 9.17) is 4.98 Å². The van der Waals surface area contributed by atoms with E-state index < -0.39 is 0 Å². The van der Waals surface area contributed by atoms with Gasteiger partial charge < -0.3 is 4.57 Å². The first-order chi connectivity index (χ1) is 14.3. The topological polar surface area (TPSA) is 52.2 Å². The zero-order valence-corrected chi connectivity index (χ0v) is 19.4. The number of fused-ring (bicyclic) bond motifs is 2. The van der Waals surface area contributed by atoms with Gasteiger partial charge in [-0.2, -0.15) is 9.78 Å². The van der Waals surface area contributed by atoms with Gasteiger partial charge in [0, 0.05) is 38.6 Å². The number of hydrogen-bond acceptors (Lipinski definition) is 3. The lowest BCUT2D eigenvalue weighted by molar-refractivity contribution is 0.607. The van der Waals surface area contributed by atoms with Gasteiger partial charge in [-0.1, -0.05) is 48.0 Å². The fourth-order valence-electron chi connectivity index (χ4n) is 4.01. The van der Waals surface area contributed by atoms with E-state index in [0.717, 1.165) is 21.1 Å². The summed E-state index contributed by atoms with van der Waals surface area (Å²) in [6, 6.07) is 14.2. The summed E-state index contributed by atoms with van der Waals surface area (Å²) in [5.41, 5.74) is 3.85. The molecule has 0 atom stereocenters. The molecule has 0 fully saturated rings. The Morgan fingerprint density at radius 1 is 1.07 bits per heavy atom. The highest BCUT2D eigenvalue weighted by Gasteiger charge is 2.16. The molecule has 0 aliphatic heterocycles. The van der Waals surface area contributed by atoms with Gasteiger partial charge in [-0.15, -0.1) is 0 Å². The molecule has 2 aromatic carbocycles. The SMILES string of the molecule is Cc1c(C=Nn2c(C(C)C)nc3ccc(Br)cc3c2=O)c2ccccc2n1C(C)C. The predicted octanol–water partition coefficient (Wildman–Crippen LogP) is 6.01. The molecule has 0 radical (unpaired) electrons. The Kier molecular flexibility index (Phi) is 5.36. The normalized spacial score (nSPS) is 12.3. The number of para-hydroxylation sites is 1. The monoisotopic (exact) mass is 464 g/mol. The minimum Gasteiger partial charge on any atom is -0.342 e. The van der Waals surface area contributed by atoms with E-state index >= 15 is 0 Å². The van der Waals surface area contributed by atoms with Crippen LogP contribution < -0.4 is 5.56 Å². The Morgan fingerprint density at radius 3 is 2.50 bits per heavy atom. The Bertz CT molecular complexity index is 1350. The highest BCUT2D eigenvalue weighted by atomic mass is 79.9. The molecule has 2 aromatic heterocycles. The summed E-state index contributed by atoms with van der Waals surface area (Å²) in [6.07, 6.45) is 1.80. The number of halogens is 1. The van der Waals surface area contributed by atoms with Crippen molar-refractivity contribution < 1.29 is 0 Å². The third-order valence-corrected chi connectivity index (χ3v) is 5.87. The maximum atomic E-state index is 13.3. The lowest BCUT2D eigenvalue weighted by Gasteiger charge is -2.13. The lowest BCUT2D eigenvalue weighted by atomic mass is 10.1. The van der Waals surface area contributed by atoms with E-state index in [0.29, 0.717) is 22.8 Å². The van der Waals surface area contributed by atoms with Gasteiger partial charge in [0.15, 0.2) is 0 Å². The zero-order chi connectivity index (χ0) is 21.6. The Labute approximate surface area is 184 Å². The molecule has 30 heavy (non-hydrogen) atoms. The van der Waals surface area contributed by atoms with Gasteiger partial charge in [-0.3, -0.25) is 4.79 Å². The van der Waals surface area contributed by atoms with E-state index in [1.54, 1.807) is 12.3 Å². The molecule has 2 heterocycles. The summed E-state index contributed by atoms with van der Waals surface area (Å²) in [4.78, 5) is 18.0. The summed E-state index contributed by atoms with van der Waals surface area (Å²) in [7, 11) is 0. The molecule has 0 amide bonds. The molecule has 4 rings (SSSR count). The van der Waals surface area contributed by atoms with Crippen molar-refractivity contribution in [3.63, 3.8) is 0 Å². The average Bonchev–Trinajstić information content (AvgIpc) is 2.99. The molecule has 154 valence electrons. The second-order valence-electron chi connectivity index (χ2n) is 8.13. The van der Waals surface area contributed by atoms with Gasteiger partial charge in [0.1, 0.15) is 5.82 Å². The summed E-state index contributed by atoms with van der Waals surface area (Å²) in [5.74, 6) is 0.706. The molecule has 0 saturated heterocycles. The van der Waals surface area contributed by atoms with Crippen molar-refractivity contribution in [2.24, 2.45) is 5.10 Å². The Balaban J connectivity index is 1.96. The van der Waals surface area contributed by atoms with Crippen LogP contribution in [0.25, 0.3) is 21.8 Å². The van der Waals surface area contributed by atoms with E-state index in [-0.39, 0.29) is 11.5 Å². The number of benzene rings is 2. The number of aromatic nitrogens is 3. The molecular weight excluding hydrogens is 440 g/mol. The van der Waals surface area contributed by atoms with Crippen molar-refractivity contribution in [3.05, 3.63) is 74.4 Å². The zero-order valence-electron chi connectivity index (χ0n) is 17.8. The van der Waals surface area contributed by atoms with Gasteiger partial charge in [0.05, 0.1) is 17.1 Å². The first kappa shape index (κ1) is 20.5. The van der Waals surface area contributed by atoms with Crippen molar-refractivity contribution in [1.82, 2.24) is 14.2 Å². The highest BCUT2D eigenvalue weighted by Crippen LogP contribution is 2.28. The van der Waals surface area contributed by atoms with Gasteiger partial charge >= 0.3 is 0 Å². The summed E-state index contributed by atoms with van der Waals surface area (Å²) >= 11 is 3.45. The fourth-order valence-corrected chi connectivity index (χ4v) is 4.37. The predicted molar refractivity (Wildman–Crippen MR) is 128 cm³/mol. The second kappa shape index (κ2) is 7.84. The number of hydrogen-bond donors (Lipinski definition) is 0. The second-order valence-corrected chi connectivity index (χ2v) is 9.04. The molecule has 0 saturated carbocycles. The summed E-state index contributed by atoms with van der Waals surface area (Å²) < 4.78 is 4.59. The van der Waals surface area contributed by atoms with E-state index in [2.05, 4.69) is 58.5 Å². The number of nitrogens with zero attached hydrogens (tertiary/aromatic N) is 4. The molecule has 4 aromatic rings. The van der Waals surface area contributed by atoms with E-state index in [9.17, 15) is 4.79 Å². The van der Waals surface area contributed by atoms with Crippen LogP contribution in [-0.4, -0.2) is 20.4 Å². The lowest BCUT2D eigenvalue weighted by Crippen LogP contribution is -2.23. The van der Waals surface area contributed by atoms with Gasteiger partial charge in [-0.25, -0.2) is 4.98 Å². The van der Waals surface area contributed by atoms with Crippen LogP contribution in [0.3, 0.4) is 0 Å². The first-order valence-electron chi connectivity index (χ1n) is 10.2. The van der Waals surface area contributed by atoms with Crippen LogP contribution in [0.1, 0.15) is 56.7 Å². The van der Waals surface area contributed by atoms with Crippen LogP contribution in [0.5, 0.6) is 0 Å². The summed E-state index contributed by atoms with van der Waals surface area (Å²) in [5, 5.41) is 6.32. The maximum absolute atomic E-state index is 13.3. The van der Waals surface area contributed by atoms with Gasteiger partial charge in [0.2, 0.25) is 0 Å². The smallest absolute Gasteiger partial charge is 0.282 e. The molecule has 0 aliphatic rings. The van der Waals surface area contributed by atoms with Crippen molar-refractivity contribution in [3.8, 4) is 0 Å². The molecular formula is C24H25BrN4O. The molecule has 0 N–H and O–H groups in total.